The molecule has 0 aromatic rings. The highest BCUT2D eigenvalue weighted by molar-refractivity contribution is 8.03. The molecule has 0 aliphatic rings. The van der Waals surface area contributed by atoms with Crippen LogP contribution < -0.4 is 11.5 Å². The monoisotopic (exact) mass is 210 g/mol. The molecule has 0 aliphatic carbocycles. The Morgan fingerprint density at radius 3 is 2.33 bits per heavy atom. The van der Waals surface area contributed by atoms with Crippen LogP contribution in [0.5, 0.6) is 0 Å². The van der Waals surface area contributed by atoms with Crippen LogP contribution in [-0.4, -0.2) is 47.3 Å². The Morgan fingerprint density at radius 2 is 1.83 bits per heavy atom. The van der Waals surface area contributed by atoms with Crippen LogP contribution in [0.2, 0.25) is 0 Å². The van der Waals surface area contributed by atoms with Crippen molar-refractivity contribution in [3.63, 3.8) is 0 Å². The largest absolute Gasteiger partial charge is 0.395 e. The molecule has 0 bridgehead atoms. The average Bonchev–Trinajstić information content (AvgIpc) is 2.11. The first kappa shape index (κ1) is 12.6. The molecule has 12 heavy (non-hydrogen) atoms. The number of nitrogens with two attached hydrogens (primary N) is 2. The number of rotatable bonds is 8. The van der Waals surface area contributed by atoms with E-state index in [-0.39, 0.29) is 6.61 Å². The minimum absolute atomic E-state index is 0.238. The van der Waals surface area contributed by atoms with Gasteiger partial charge in [0.2, 0.25) is 0 Å². The summed E-state index contributed by atoms with van der Waals surface area (Å²) in [5.74, 6) is 2.87. The predicted molar refractivity (Wildman–Crippen MR) is 58.8 cm³/mol. The summed E-state index contributed by atoms with van der Waals surface area (Å²) in [5.41, 5.74) is 10.7. The molecule has 0 aromatic carbocycles. The zero-order chi connectivity index (χ0) is 9.23. The van der Waals surface area contributed by atoms with Gasteiger partial charge in [0.05, 0.1) is 6.61 Å². The first-order valence-electron chi connectivity index (χ1n) is 4.05. The third-order valence-electron chi connectivity index (χ3n) is 1.24. The normalized spacial score (nSPS) is 13.2. The lowest BCUT2D eigenvalue weighted by atomic mass is 10.5. The van der Waals surface area contributed by atoms with E-state index >= 15 is 0 Å². The van der Waals surface area contributed by atoms with Crippen LogP contribution in [0.25, 0.3) is 0 Å². The lowest BCUT2D eigenvalue weighted by Gasteiger charge is -2.11. The quantitative estimate of drug-likeness (QED) is 0.481. The third-order valence-corrected chi connectivity index (χ3v) is 3.87. The first-order valence-corrected chi connectivity index (χ1v) is 6.25. The van der Waals surface area contributed by atoms with E-state index in [1.54, 1.807) is 23.5 Å². The van der Waals surface area contributed by atoms with Gasteiger partial charge >= 0.3 is 0 Å². The number of hydrogen-bond acceptors (Lipinski definition) is 5. The smallest absolute Gasteiger partial charge is 0.0558 e. The van der Waals surface area contributed by atoms with Crippen LogP contribution in [0.3, 0.4) is 0 Å². The maximum absolute atomic E-state index is 8.95. The molecule has 1 unspecified atom stereocenters. The summed E-state index contributed by atoms with van der Waals surface area (Å²) >= 11 is 3.53. The molecule has 0 saturated carbocycles. The predicted octanol–water partition coefficient (Wildman–Crippen LogP) is -0.269. The van der Waals surface area contributed by atoms with Crippen molar-refractivity contribution in [3.05, 3.63) is 0 Å². The summed E-state index contributed by atoms with van der Waals surface area (Å²) in [6.07, 6.45) is 0. The van der Waals surface area contributed by atoms with Gasteiger partial charge in [-0.05, 0) is 0 Å². The van der Waals surface area contributed by atoms with Crippen molar-refractivity contribution in [1.29, 1.82) is 0 Å². The Labute approximate surface area is 82.6 Å². The second-order valence-corrected chi connectivity index (χ2v) is 4.89. The maximum Gasteiger partial charge on any atom is 0.0558 e. The van der Waals surface area contributed by atoms with E-state index in [1.807, 2.05) is 0 Å². The fourth-order valence-electron chi connectivity index (χ4n) is 0.686. The number of thioether (sulfide) groups is 2. The van der Waals surface area contributed by atoms with Crippen molar-refractivity contribution in [2.45, 2.75) is 5.25 Å². The molecule has 0 aromatic heterocycles. The number of aliphatic hydroxyl groups excluding tert-OH is 1. The van der Waals surface area contributed by atoms with Crippen molar-refractivity contribution in [3.8, 4) is 0 Å². The Kier molecular flexibility index (Phi) is 10.1. The van der Waals surface area contributed by atoms with Crippen LogP contribution in [0.4, 0.5) is 0 Å². The van der Waals surface area contributed by atoms with Gasteiger partial charge in [-0.1, -0.05) is 0 Å². The minimum Gasteiger partial charge on any atom is -0.395 e. The van der Waals surface area contributed by atoms with Crippen molar-refractivity contribution < 1.29 is 5.11 Å². The lowest BCUT2D eigenvalue weighted by Crippen LogP contribution is -2.16. The van der Waals surface area contributed by atoms with Gasteiger partial charge in [-0.3, -0.25) is 0 Å². The minimum atomic E-state index is 0.238. The second kappa shape index (κ2) is 9.67. The van der Waals surface area contributed by atoms with Gasteiger partial charge in [-0.15, -0.1) is 0 Å². The van der Waals surface area contributed by atoms with Gasteiger partial charge in [0.25, 0.3) is 0 Å². The fourth-order valence-corrected chi connectivity index (χ4v) is 2.64. The summed E-state index contributed by atoms with van der Waals surface area (Å²) in [4.78, 5) is 0. The zero-order valence-electron chi connectivity index (χ0n) is 7.24. The van der Waals surface area contributed by atoms with Crippen LogP contribution in [0.15, 0.2) is 0 Å². The topological polar surface area (TPSA) is 72.3 Å². The molecule has 0 rings (SSSR count). The van der Waals surface area contributed by atoms with Crippen molar-refractivity contribution in [2.75, 3.05) is 37.0 Å². The van der Waals surface area contributed by atoms with Crippen LogP contribution >= 0.6 is 23.5 Å². The molecule has 0 amide bonds. The van der Waals surface area contributed by atoms with Crippen LogP contribution in [-0.2, 0) is 0 Å². The molecule has 1 atom stereocenters. The summed E-state index contributed by atoms with van der Waals surface area (Å²) < 4.78 is 0. The van der Waals surface area contributed by atoms with Gasteiger partial charge in [0, 0.05) is 35.6 Å². The van der Waals surface area contributed by atoms with Crippen LogP contribution in [0.1, 0.15) is 0 Å². The van der Waals surface area contributed by atoms with Gasteiger partial charge in [0.1, 0.15) is 0 Å². The average molecular weight is 210 g/mol. The molecular formula is C7H18N2OS2. The van der Waals surface area contributed by atoms with E-state index < -0.39 is 0 Å². The molecule has 0 radical (unpaired) electrons. The lowest BCUT2D eigenvalue weighted by molar-refractivity contribution is 0.301. The van der Waals surface area contributed by atoms with Crippen LogP contribution in [0, 0.1) is 0 Å². The molecule has 5 heteroatoms. The Morgan fingerprint density at radius 1 is 1.17 bits per heavy atom. The number of aliphatic hydroxyl groups is 1. The van der Waals surface area contributed by atoms with E-state index in [9.17, 15) is 0 Å². The highest BCUT2D eigenvalue weighted by Crippen LogP contribution is 2.14. The Bertz CT molecular complexity index is 95.5. The summed E-state index contributed by atoms with van der Waals surface area (Å²) in [6, 6.07) is 0. The second-order valence-electron chi connectivity index (χ2n) is 2.33. The molecule has 3 nitrogen and oxygen atoms in total. The molecule has 5 N–H and O–H groups in total. The third kappa shape index (κ3) is 7.24. The Hall–Kier alpha value is 0.580. The SMILES string of the molecule is NCCSCC(CO)SCCN. The standard InChI is InChI=1S/C7H18N2OS2/c8-1-3-11-6-7(5-10)12-4-2-9/h7,10H,1-6,8-9H2. The first-order chi connectivity index (χ1) is 5.85. The molecule has 74 valence electrons. The van der Waals surface area contributed by atoms with E-state index in [4.69, 9.17) is 16.6 Å². The fraction of sp³-hybridized carbons (Fsp3) is 1.00. The highest BCUT2D eigenvalue weighted by Gasteiger charge is 2.06. The maximum atomic E-state index is 8.95. The molecular weight excluding hydrogens is 192 g/mol. The highest BCUT2D eigenvalue weighted by atomic mass is 32.2. The Balaban J connectivity index is 3.26. The van der Waals surface area contributed by atoms with E-state index in [2.05, 4.69) is 0 Å². The molecule has 0 spiro atoms. The molecule has 0 heterocycles. The zero-order valence-corrected chi connectivity index (χ0v) is 8.87. The molecule has 0 fully saturated rings. The van der Waals surface area contributed by atoms with Crippen molar-refractivity contribution in [2.24, 2.45) is 11.5 Å². The summed E-state index contributed by atoms with van der Waals surface area (Å²) in [5, 5.41) is 9.27. The van der Waals surface area contributed by atoms with E-state index in [0.717, 1.165) is 17.3 Å². The van der Waals surface area contributed by atoms with Gasteiger partial charge in [-0.2, -0.15) is 23.5 Å². The van der Waals surface area contributed by atoms with Gasteiger partial charge in [-0.25, -0.2) is 0 Å². The van der Waals surface area contributed by atoms with Crippen molar-refractivity contribution in [1.82, 2.24) is 0 Å². The number of hydrogen-bond donors (Lipinski definition) is 3. The molecule has 0 aliphatic heterocycles. The van der Waals surface area contributed by atoms with Crippen molar-refractivity contribution >= 4 is 23.5 Å². The van der Waals surface area contributed by atoms with E-state index in [0.29, 0.717) is 18.3 Å². The van der Waals surface area contributed by atoms with Gasteiger partial charge < -0.3 is 16.6 Å². The van der Waals surface area contributed by atoms with E-state index in [1.165, 1.54) is 0 Å². The molecule has 0 saturated heterocycles. The van der Waals surface area contributed by atoms with Gasteiger partial charge in [0.15, 0.2) is 0 Å². The summed E-state index contributed by atoms with van der Waals surface area (Å²) in [7, 11) is 0. The summed E-state index contributed by atoms with van der Waals surface area (Å²) in [6.45, 7) is 1.63.